The van der Waals surface area contributed by atoms with Crippen molar-refractivity contribution in [2.24, 2.45) is 12.0 Å². The predicted molar refractivity (Wildman–Crippen MR) is 109 cm³/mol. The van der Waals surface area contributed by atoms with Crippen molar-refractivity contribution in [2.45, 2.75) is 24.3 Å². The highest BCUT2D eigenvalue weighted by molar-refractivity contribution is 7.90. The van der Waals surface area contributed by atoms with E-state index in [9.17, 15) is 17.2 Å². The van der Waals surface area contributed by atoms with Crippen LogP contribution in [0.15, 0.2) is 58.8 Å². The van der Waals surface area contributed by atoms with Gasteiger partial charge in [0.1, 0.15) is 16.5 Å². The van der Waals surface area contributed by atoms with E-state index in [1.807, 2.05) is 0 Å². The van der Waals surface area contributed by atoms with Gasteiger partial charge in [0.2, 0.25) is 5.96 Å². The fourth-order valence-electron chi connectivity index (χ4n) is 3.43. The number of aliphatic imine (C=N–C) groups is 1. The SMILES string of the molecule is CC(c1ccccc1F)c1c(F)ccc2c1NC(=NCc1cncn1C)NS2(=O)=O. The van der Waals surface area contributed by atoms with Gasteiger partial charge in [-0.1, -0.05) is 25.1 Å². The smallest absolute Gasteiger partial charge is 0.266 e. The maximum Gasteiger partial charge on any atom is 0.266 e. The number of sulfonamides is 1. The molecule has 4 rings (SSSR count). The molecule has 1 aromatic heterocycles. The molecule has 1 atom stereocenters. The van der Waals surface area contributed by atoms with Crippen LogP contribution < -0.4 is 10.0 Å². The van der Waals surface area contributed by atoms with Crippen LogP contribution >= 0.6 is 0 Å². The maximum atomic E-state index is 14.9. The first-order valence-electron chi connectivity index (χ1n) is 9.14. The number of aryl methyl sites for hydroxylation is 1. The van der Waals surface area contributed by atoms with Gasteiger partial charge in [-0.15, -0.1) is 0 Å². The zero-order chi connectivity index (χ0) is 21.5. The monoisotopic (exact) mass is 431 g/mol. The van der Waals surface area contributed by atoms with Gasteiger partial charge in [-0.25, -0.2) is 31.9 Å². The van der Waals surface area contributed by atoms with E-state index in [4.69, 9.17) is 0 Å². The molecule has 2 aromatic carbocycles. The van der Waals surface area contributed by atoms with E-state index < -0.39 is 27.6 Å². The van der Waals surface area contributed by atoms with Gasteiger partial charge < -0.3 is 9.88 Å². The van der Waals surface area contributed by atoms with Gasteiger partial charge in [0.15, 0.2) is 0 Å². The Kier molecular flexibility index (Phi) is 5.02. The van der Waals surface area contributed by atoms with E-state index in [0.29, 0.717) is 0 Å². The molecule has 1 aliphatic rings. The molecule has 0 aliphatic carbocycles. The Morgan fingerprint density at radius 3 is 2.63 bits per heavy atom. The molecular formula is C20H19F2N5O2S. The largest absolute Gasteiger partial charge is 0.336 e. The van der Waals surface area contributed by atoms with E-state index in [1.54, 1.807) is 43.2 Å². The minimum atomic E-state index is -3.98. The van der Waals surface area contributed by atoms with Crippen molar-refractivity contribution in [1.29, 1.82) is 0 Å². The van der Waals surface area contributed by atoms with Crippen molar-refractivity contribution in [3.8, 4) is 0 Å². The number of rotatable bonds is 4. The molecule has 1 unspecified atom stereocenters. The van der Waals surface area contributed by atoms with Crippen LogP contribution in [0.2, 0.25) is 0 Å². The molecule has 30 heavy (non-hydrogen) atoms. The number of imidazole rings is 1. The second-order valence-electron chi connectivity index (χ2n) is 6.97. The Bertz CT molecular complexity index is 1250. The first-order chi connectivity index (χ1) is 14.3. The fraction of sp³-hybridized carbons (Fsp3) is 0.200. The number of fused-ring (bicyclic) bond motifs is 1. The van der Waals surface area contributed by atoms with Gasteiger partial charge in [0.05, 0.1) is 30.5 Å². The number of hydrogen-bond acceptors (Lipinski definition) is 4. The number of nitrogens with one attached hydrogen (secondary N) is 2. The highest BCUT2D eigenvalue weighted by atomic mass is 32.2. The second kappa shape index (κ2) is 7.52. The number of benzene rings is 2. The summed E-state index contributed by atoms with van der Waals surface area (Å²) in [5.41, 5.74) is 1.12. The molecule has 10 heteroatoms. The number of halogens is 2. The zero-order valence-corrected chi connectivity index (χ0v) is 17.0. The first-order valence-corrected chi connectivity index (χ1v) is 10.6. The van der Waals surface area contributed by atoms with Crippen molar-refractivity contribution in [3.63, 3.8) is 0 Å². The lowest BCUT2D eigenvalue weighted by atomic mass is 9.91. The van der Waals surface area contributed by atoms with Crippen molar-refractivity contribution in [1.82, 2.24) is 14.3 Å². The summed E-state index contributed by atoms with van der Waals surface area (Å²) in [5, 5.41) is 2.88. The third kappa shape index (κ3) is 3.54. The first kappa shape index (κ1) is 20.0. The maximum absolute atomic E-state index is 14.9. The van der Waals surface area contributed by atoms with Crippen LogP contribution in [0.3, 0.4) is 0 Å². The predicted octanol–water partition coefficient (Wildman–Crippen LogP) is 3.11. The quantitative estimate of drug-likeness (QED) is 0.665. The molecule has 7 nitrogen and oxygen atoms in total. The summed E-state index contributed by atoms with van der Waals surface area (Å²) >= 11 is 0. The van der Waals surface area contributed by atoms with Crippen molar-refractivity contribution in [3.05, 3.63) is 77.4 Å². The lowest BCUT2D eigenvalue weighted by molar-refractivity contribution is 0.577. The zero-order valence-electron chi connectivity index (χ0n) is 16.2. The van der Waals surface area contributed by atoms with Gasteiger partial charge >= 0.3 is 0 Å². The molecule has 0 bridgehead atoms. The molecule has 2 N–H and O–H groups in total. The molecule has 0 saturated carbocycles. The normalized spacial score (nSPS) is 17.1. The van der Waals surface area contributed by atoms with Crippen LogP contribution in [0.4, 0.5) is 14.5 Å². The van der Waals surface area contributed by atoms with Gasteiger partial charge in [0.25, 0.3) is 10.0 Å². The van der Waals surface area contributed by atoms with Crippen molar-refractivity contribution in [2.75, 3.05) is 5.32 Å². The molecule has 3 aromatic rings. The number of aromatic nitrogens is 2. The highest BCUT2D eigenvalue weighted by Crippen LogP contribution is 2.38. The van der Waals surface area contributed by atoms with Crippen LogP contribution in [-0.4, -0.2) is 23.9 Å². The topological polar surface area (TPSA) is 88.4 Å². The number of guanidine groups is 1. The van der Waals surface area contributed by atoms with Gasteiger partial charge in [-0.3, -0.25) is 0 Å². The third-order valence-corrected chi connectivity index (χ3v) is 6.42. The van der Waals surface area contributed by atoms with Crippen LogP contribution in [0.25, 0.3) is 0 Å². The minimum Gasteiger partial charge on any atom is -0.336 e. The van der Waals surface area contributed by atoms with Gasteiger partial charge in [-0.05, 0) is 23.8 Å². The van der Waals surface area contributed by atoms with Gasteiger partial charge in [-0.2, -0.15) is 0 Å². The number of anilines is 1. The van der Waals surface area contributed by atoms with E-state index >= 15 is 0 Å². The molecule has 2 heterocycles. The third-order valence-electron chi connectivity index (χ3n) is 5.04. The summed E-state index contributed by atoms with van der Waals surface area (Å²) in [5.74, 6) is -1.92. The molecule has 0 spiro atoms. The summed E-state index contributed by atoms with van der Waals surface area (Å²) in [6.45, 7) is 1.78. The van der Waals surface area contributed by atoms with E-state index in [-0.39, 0.29) is 34.2 Å². The minimum absolute atomic E-state index is 0.0451. The van der Waals surface area contributed by atoms with Crippen molar-refractivity contribution < 1.29 is 17.2 Å². The number of hydrogen-bond donors (Lipinski definition) is 2. The van der Waals surface area contributed by atoms with Crippen LogP contribution in [0.1, 0.15) is 29.7 Å². The molecule has 0 radical (unpaired) electrons. The standard InChI is InChI=1S/C20H19F2N5O2S/c1-12(14-5-3-4-6-15(14)21)18-16(22)7-8-17-19(18)25-20(26-30(17,28)29)24-10-13-9-23-11-27(13)2/h3-9,11-12H,10H2,1-2H3,(H2,24,25,26). The van der Waals surface area contributed by atoms with Crippen molar-refractivity contribution >= 4 is 21.7 Å². The summed E-state index contributed by atoms with van der Waals surface area (Å²) in [6.07, 6.45) is 3.22. The molecular weight excluding hydrogens is 412 g/mol. The molecule has 1 aliphatic heterocycles. The molecule has 0 saturated heterocycles. The summed E-state index contributed by atoms with van der Waals surface area (Å²) < 4.78 is 58.8. The molecule has 0 amide bonds. The van der Waals surface area contributed by atoms with E-state index in [1.165, 1.54) is 18.2 Å². The summed E-state index contributed by atoms with van der Waals surface area (Å²) in [6, 6.07) is 8.27. The van der Waals surface area contributed by atoms with E-state index in [0.717, 1.165) is 11.8 Å². The molecule has 0 fully saturated rings. The Morgan fingerprint density at radius 2 is 1.93 bits per heavy atom. The molecule has 156 valence electrons. The Morgan fingerprint density at radius 1 is 1.17 bits per heavy atom. The lowest BCUT2D eigenvalue weighted by Crippen LogP contribution is -2.41. The van der Waals surface area contributed by atoms with Crippen LogP contribution in [0.5, 0.6) is 0 Å². The van der Waals surface area contributed by atoms with E-state index in [2.05, 4.69) is 20.0 Å². The Hall–Kier alpha value is -3.27. The average molecular weight is 431 g/mol. The highest BCUT2D eigenvalue weighted by Gasteiger charge is 2.32. The average Bonchev–Trinajstić information content (AvgIpc) is 3.10. The van der Waals surface area contributed by atoms with Crippen LogP contribution in [-0.2, 0) is 23.6 Å². The summed E-state index contributed by atoms with van der Waals surface area (Å²) in [7, 11) is -2.19. The van der Waals surface area contributed by atoms with Crippen LogP contribution in [0, 0.1) is 11.6 Å². The fourth-order valence-corrected chi connectivity index (χ4v) is 4.58. The number of nitrogens with zero attached hydrogens (tertiary/aromatic N) is 3. The second-order valence-corrected chi connectivity index (χ2v) is 8.62. The Labute approximate surface area is 172 Å². The van der Waals surface area contributed by atoms with Gasteiger partial charge in [0, 0.05) is 18.5 Å². The Balaban J connectivity index is 1.79. The lowest BCUT2D eigenvalue weighted by Gasteiger charge is -2.26. The summed E-state index contributed by atoms with van der Waals surface area (Å²) in [4.78, 5) is 8.13.